The second kappa shape index (κ2) is 8.39. The standard InChI is InChI=1S/C14H17FO9/c1-6(16)20-5-10-12(21-7(2)17)13(22-8(3)18)11(15)14(24-10)23-9(4)19/h10,12,14H,5H2,1-4H3/t10?,12-,14-/m1/s1. The van der Waals surface area contributed by atoms with Crippen LogP contribution in [-0.2, 0) is 42.9 Å². The molecule has 0 aromatic carbocycles. The van der Waals surface area contributed by atoms with E-state index >= 15 is 0 Å². The maximum atomic E-state index is 14.4. The monoisotopic (exact) mass is 348 g/mol. The molecule has 0 fully saturated rings. The summed E-state index contributed by atoms with van der Waals surface area (Å²) in [5.41, 5.74) is 0. The molecule has 1 aliphatic rings. The third-order valence-electron chi connectivity index (χ3n) is 2.61. The largest absolute Gasteiger partial charge is 0.463 e. The SMILES string of the molecule is CC(=O)OCC1O[C@@H](OC(C)=O)C(F)=C(OC(C)=O)[C@@H]1OC(C)=O. The summed E-state index contributed by atoms with van der Waals surface area (Å²) in [5.74, 6) is -5.19. The minimum Gasteiger partial charge on any atom is -0.463 e. The second-order valence-corrected chi connectivity index (χ2v) is 4.75. The lowest BCUT2D eigenvalue weighted by molar-refractivity contribution is -0.218. The number of rotatable bonds is 5. The lowest BCUT2D eigenvalue weighted by Gasteiger charge is -2.34. The molecule has 1 unspecified atom stereocenters. The van der Waals surface area contributed by atoms with Crippen LogP contribution in [0.3, 0.4) is 0 Å². The lowest BCUT2D eigenvalue weighted by atomic mass is 10.1. The summed E-state index contributed by atoms with van der Waals surface area (Å²) >= 11 is 0. The molecule has 0 aromatic rings. The highest BCUT2D eigenvalue weighted by atomic mass is 19.1. The first-order valence-corrected chi connectivity index (χ1v) is 6.83. The third kappa shape index (κ3) is 5.61. The summed E-state index contributed by atoms with van der Waals surface area (Å²) < 4.78 is 38.6. The topological polar surface area (TPSA) is 114 Å². The van der Waals surface area contributed by atoms with Crippen molar-refractivity contribution in [2.75, 3.05) is 6.61 Å². The smallest absolute Gasteiger partial charge is 0.307 e. The zero-order valence-electron chi connectivity index (χ0n) is 13.5. The van der Waals surface area contributed by atoms with Gasteiger partial charge in [0, 0.05) is 27.7 Å². The predicted octanol–water partition coefficient (Wildman–Crippen LogP) is 0.513. The van der Waals surface area contributed by atoms with Crippen molar-refractivity contribution in [2.24, 2.45) is 0 Å². The number of ether oxygens (including phenoxy) is 5. The molecule has 134 valence electrons. The van der Waals surface area contributed by atoms with Crippen molar-refractivity contribution in [3.8, 4) is 0 Å². The van der Waals surface area contributed by atoms with Gasteiger partial charge >= 0.3 is 23.9 Å². The van der Waals surface area contributed by atoms with Gasteiger partial charge in [0.15, 0.2) is 11.9 Å². The van der Waals surface area contributed by atoms with E-state index < -0.39 is 60.6 Å². The molecule has 1 heterocycles. The fourth-order valence-corrected chi connectivity index (χ4v) is 1.84. The van der Waals surface area contributed by atoms with Crippen LogP contribution in [0.15, 0.2) is 11.6 Å². The van der Waals surface area contributed by atoms with Crippen LogP contribution in [0.2, 0.25) is 0 Å². The van der Waals surface area contributed by atoms with E-state index in [2.05, 4.69) is 4.74 Å². The van der Waals surface area contributed by atoms with E-state index in [1.807, 2.05) is 0 Å². The molecule has 24 heavy (non-hydrogen) atoms. The molecule has 1 aliphatic heterocycles. The molecule has 0 bridgehead atoms. The maximum absolute atomic E-state index is 14.4. The van der Waals surface area contributed by atoms with Gasteiger partial charge in [-0.2, -0.15) is 0 Å². The quantitative estimate of drug-likeness (QED) is 0.518. The van der Waals surface area contributed by atoms with Crippen molar-refractivity contribution in [2.45, 2.75) is 46.2 Å². The molecular weight excluding hydrogens is 331 g/mol. The summed E-state index contributed by atoms with van der Waals surface area (Å²) in [6.07, 6.45) is -4.59. The number of hydrogen-bond acceptors (Lipinski definition) is 9. The molecule has 0 saturated carbocycles. The first kappa shape index (κ1) is 19.6. The average Bonchev–Trinajstić information content (AvgIpc) is 2.42. The van der Waals surface area contributed by atoms with Gasteiger partial charge < -0.3 is 23.7 Å². The van der Waals surface area contributed by atoms with Crippen LogP contribution in [0.1, 0.15) is 27.7 Å². The Morgan fingerprint density at radius 1 is 0.958 bits per heavy atom. The first-order valence-electron chi connectivity index (χ1n) is 6.83. The molecule has 0 radical (unpaired) electrons. The summed E-state index contributed by atoms with van der Waals surface area (Å²) in [6, 6.07) is 0. The lowest BCUT2D eigenvalue weighted by Crippen LogP contribution is -2.47. The van der Waals surface area contributed by atoms with Crippen molar-refractivity contribution in [1.29, 1.82) is 0 Å². The van der Waals surface area contributed by atoms with E-state index in [-0.39, 0.29) is 0 Å². The van der Waals surface area contributed by atoms with Gasteiger partial charge in [0.2, 0.25) is 5.83 Å². The van der Waals surface area contributed by atoms with Crippen molar-refractivity contribution >= 4 is 23.9 Å². The molecule has 10 heteroatoms. The number of esters is 4. The van der Waals surface area contributed by atoms with Gasteiger partial charge in [-0.3, -0.25) is 19.2 Å². The second-order valence-electron chi connectivity index (χ2n) is 4.75. The van der Waals surface area contributed by atoms with Crippen LogP contribution in [0.4, 0.5) is 4.39 Å². The van der Waals surface area contributed by atoms with Crippen LogP contribution in [-0.4, -0.2) is 49.0 Å². The van der Waals surface area contributed by atoms with E-state index in [1.54, 1.807) is 0 Å². The van der Waals surface area contributed by atoms with Gasteiger partial charge in [-0.15, -0.1) is 0 Å². The van der Waals surface area contributed by atoms with E-state index in [4.69, 9.17) is 18.9 Å². The summed E-state index contributed by atoms with van der Waals surface area (Å²) in [7, 11) is 0. The number of hydrogen-bond donors (Lipinski definition) is 0. The Morgan fingerprint density at radius 3 is 2.00 bits per heavy atom. The Morgan fingerprint density at radius 2 is 1.54 bits per heavy atom. The Hall–Kier alpha value is -2.49. The number of carbonyl (C=O) groups excluding carboxylic acids is 4. The zero-order valence-corrected chi connectivity index (χ0v) is 13.5. The summed E-state index contributed by atoms with van der Waals surface area (Å²) in [4.78, 5) is 44.4. The Bertz CT molecular complexity index is 569. The van der Waals surface area contributed by atoms with Gasteiger partial charge in [-0.25, -0.2) is 4.39 Å². The molecule has 9 nitrogen and oxygen atoms in total. The van der Waals surface area contributed by atoms with Crippen molar-refractivity contribution < 1.29 is 47.3 Å². The summed E-state index contributed by atoms with van der Waals surface area (Å²) in [6.45, 7) is 3.73. The number of carbonyl (C=O) groups is 4. The molecule has 3 atom stereocenters. The molecule has 0 spiro atoms. The van der Waals surface area contributed by atoms with Crippen molar-refractivity contribution in [3.05, 3.63) is 11.6 Å². The van der Waals surface area contributed by atoms with Gasteiger partial charge in [0.05, 0.1) is 0 Å². The molecule has 0 aliphatic carbocycles. The highest BCUT2D eigenvalue weighted by Crippen LogP contribution is 2.31. The van der Waals surface area contributed by atoms with Gasteiger partial charge in [0.1, 0.15) is 12.7 Å². The van der Waals surface area contributed by atoms with E-state index in [9.17, 15) is 23.6 Å². The fourth-order valence-electron chi connectivity index (χ4n) is 1.84. The molecular formula is C14H17FO9. The zero-order chi connectivity index (χ0) is 18.4. The van der Waals surface area contributed by atoms with Gasteiger partial charge in [0.25, 0.3) is 6.29 Å². The van der Waals surface area contributed by atoms with Crippen LogP contribution in [0.5, 0.6) is 0 Å². The Kier molecular flexibility index (Phi) is 6.83. The van der Waals surface area contributed by atoms with E-state index in [1.165, 1.54) is 0 Å². The molecule has 0 N–H and O–H groups in total. The van der Waals surface area contributed by atoms with E-state index in [0.29, 0.717) is 0 Å². The fraction of sp³-hybridized carbons (Fsp3) is 0.571. The first-order chi connectivity index (χ1) is 11.1. The van der Waals surface area contributed by atoms with Crippen LogP contribution < -0.4 is 0 Å². The van der Waals surface area contributed by atoms with Crippen LogP contribution in [0.25, 0.3) is 0 Å². The number of halogens is 1. The third-order valence-corrected chi connectivity index (χ3v) is 2.61. The van der Waals surface area contributed by atoms with Gasteiger partial charge in [-0.1, -0.05) is 0 Å². The van der Waals surface area contributed by atoms with E-state index in [0.717, 1.165) is 27.7 Å². The highest BCUT2D eigenvalue weighted by molar-refractivity contribution is 5.69. The Balaban J connectivity index is 3.21. The summed E-state index contributed by atoms with van der Waals surface area (Å²) in [5, 5.41) is 0. The minimum atomic E-state index is -1.83. The van der Waals surface area contributed by atoms with Crippen molar-refractivity contribution in [3.63, 3.8) is 0 Å². The maximum Gasteiger partial charge on any atom is 0.307 e. The predicted molar refractivity (Wildman–Crippen MR) is 72.5 cm³/mol. The normalized spacial score (nSPS) is 23.3. The highest BCUT2D eigenvalue weighted by Gasteiger charge is 2.44. The molecule has 0 saturated heterocycles. The van der Waals surface area contributed by atoms with Crippen LogP contribution >= 0.6 is 0 Å². The average molecular weight is 348 g/mol. The molecule has 0 amide bonds. The molecule has 1 rings (SSSR count). The Labute approximate surface area is 136 Å². The minimum absolute atomic E-state index is 0.455. The molecule has 0 aromatic heterocycles. The van der Waals surface area contributed by atoms with Crippen molar-refractivity contribution in [1.82, 2.24) is 0 Å². The van der Waals surface area contributed by atoms with Crippen LogP contribution in [0, 0.1) is 0 Å². The van der Waals surface area contributed by atoms with Gasteiger partial charge in [-0.05, 0) is 0 Å².